The first-order valence-corrected chi connectivity index (χ1v) is 7.01. The first-order valence-electron chi connectivity index (χ1n) is 6.64. The Hall–Kier alpha value is -2.16. The van der Waals surface area contributed by atoms with E-state index in [1.165, 1.54) is 0 Å². The molecule has 0 bridgehead atoms. The third-order valence-corrected chi connectivity index (χ3v) is 3.69. The van der Waals surface area contributed by atoms with Gasteiger partial charge in [0.05, 0.1) is 11.8 Å². The zero-order valence-corrected chi connectivity index (χ0v) is 12.0. The first-order chi connectivity index (χ1) is 10.2. The van der Waals surface area contributed by atoms with Crippen molar-refractivity contribution in [1.29, 1.82) is 5.26 Å². The molecule has 5 nitrogen and oxygen atoms in total. The number of β-amino-alcohol motifs (C(OH)–C–C–N with tert-alkyl or cyclic N) is 1. The van der Waals surface area contributed by atoms with Crippen LogP contribution in [0.4, 0.5) is 5.82 Å². The molecule has 1 unspecified atom stereocenters. The molecule has 6 heteroatoms. The summed E-state index contributed by atoms with van der Waals surface area (Å²) in [7, 11) is 0. The molecule has 0 saturated carbocycles. The number of nitrogens with zero attached hydrogens (tertiary/aromatic N) is 4. The van der Waals surface area contributed by atoms with Crippen molar-refractivity contribution in [2.24, 2.45) is 0 Å². The van der Waals surface area contributed by atoms with Crippen molar-refractivity contribution in [3.05, 3.63) is 41.2 Å². The van der Waals surface area contributed by atoms with E-state index in [4.69, 9.17) is 16.9 Å². The van der Waals surface area contributed by atoms with Crippen LogP contribution in [0, 0.1) is 11.3 Å². The van der Waals surface area contributed by atoms with Gasteiger partial charge in [-0.3, -0.25) is 0 Å². The van der Waals surface area contributed by atoms with E-state index in [9.17, 15) is 5.11 Å². The second-order valence-electron chi connectivity index (χ2n) is 4.94. The standard InChI is InChI=1S/C15H13ClN4O/c16-11-3-1-10(2-4-11)13-7-15(19-14(8-17)18-13)20-6-5-12(21)9-20/h1-4,7,12,21H,5-6,9H2. The molecule has 1 aliphatic rings. The Morgan fingerprint density at radius 2 is 2.05 bits per heavy atom. The van der Waals surface area contributed by atoms with Crippen molar-refractivity contribution >= 4 is 17.4 Å². The molecule has 0 spiro atoms. The van der Waals surface area contributed by atoms with Crippen LogP contribution in [0.3, 0.4) is 0 Å². The van der Waals surface area contributed by atoms with Gasteiger partial charge in [-0.05, 0) is 18.6 Å². The van der Waals surface area contributed by atoms with Gasteiger partial charge in [-0.1, -0.05) is 23.7 Å². The van der Waals surface area contributed by atoms with E-state index in [1.54, 1.807) is 12.1 Å². The summed E-state index contributed by atoms with van der Waals surface area (Å²) in [6.07, 6.45) is 0.367. The summed E-state index contributed by atoms with van der Waals surface area (Å²) in [5, 5.41) is 19.4. The Morgan fingerprint density at radius 1 is 1.29 bits per heavy atom. The number of rotatable bonds is 2. The van der Waals surface area contributed by atoms with E-state index in [-0.39, 0.29) is 11.9 Å². The molecular weight excluding hydrogens is 288 g/mol. The fourth-order valence-corrected chi connectivity index (χ4v) is 2.49. The highest BCUT2D eigenvalue weighted by Gasteiger charge is 2.22. The molecular formula is C15H13ClN4O. The lowest BCUT2D eigenvalue weighted by Crippen LogP contribution is -2.22. The number of benzene rings is 1. The minimum Gasteiger partial charge on any atom is -0.391 e. The first kappa shape index (κ1) is 13.8. The van der Waals surface area contributed by atoms with Gasteiger partial charge in [0, 0.05) is 29.7 Å². The summed E-state index contributed by atoms with van der Waals surface area (Å²) in [6.45, 7) is 1.26. The van der Waals surface area contributed by atoms with E-state index < -0.39 is 0 Å². The zero-order valence-electron chi connectivity index (χ0n) is 11.2. The molecule has 21 heavy (non-hydrogen) atoms. The number of anilines is 1. The van der Waals surface area contributed by atoms with Gasteiger partial charge in [0.2, 0.25) is 5.82 Å². The minimum atomic E-state index is -0.343. The van der Waals surface area contributed by atoms with Gasteiger partial charge in [-0.2, -0.15) is 5.26 Å². The van der Waals surface area contributed by atoms with Gasteiger partial charge in [-0.25, -0.2) is 9.97 Å². The van der Waals surface area contributed by atoms with Crippen molar-refractivity contribution < 1.29 is 5.11 Å². The van der Waals surface area contributed by atoms with E-state index in [2.05, 4.69) is 9.97 Å². The second-order valence-corrected chi connectivity index (χ2v) is 5.38. The highest BCUT2D eigenvalue weighted by molar-refractivity contribution is 6.30. The molecule has 2 heterocycles. The molecule has 0 aliphatic carbocycles. The molecule has 2 aromatic rings. The summed E-state index contributed by atoms with van der Waals surface area (Å²) >= 11 is 5.89. The summed E-state index contributed by atoms with van der Waals surface area (Å²) in [4.78, 5) is 10.4. The molecule has 1 aromatic carbocycles. The number of hydrogen-bond donors (Lipinski definition) is 1. The molecule has 0 radical (unpaired) electrons. The summed E-state index contributed by atoms with van der Waals surface area (Å²) in [6, 6.07) is 11.1. The fourth-order valence-electron chi connectivity index (χ4n) is 2.36. The lowest BCUT2D eigenvalue weighted by molar-refractivity contribution is 0.198. The lowest BCUT2D eigenvalue weighted by Gasteiger charge is -2.17. The quantitative estimate of drug-likeness (QED) is 0.921. The maximum absolute atomic E-state index is 9.64. The fraction of sp³-hybridized carbons (Fsp3) is 0.267. The van der Waals surface area contributed by atoms with Crippen LogP contribution < -0.4 is 4.90 Å². The van der Waals surface area contributed by atoms with Crippen molar-refractivity contribution in [3.63, 3.8) is 0 Å². The van der Waals surface area contributed by atoms with Gasteiger partial charge in [-0.15, -0.1) is 0 Å². The average Bonchev–Trinajstić information content (AvgIpc) is 2.94. The monoisotopic (exact) mass is 300 g/mol. The largest absolute Gasteiger partial charge is 0.391 e. The normalized spacial score (nSPS) is 17.8. The predicted molar refractivity (Wildman–Crippen MR) is 80.0 cm³/mol. The number of aromatic nitrogens is 2. The Labute approximate surface area is 127 Å². The van der Waals surface area contributed by atoms with E-state index in [1.807, 2.05) is 29.2 Å². The number of aliphatic hydroxyl groups excluding tert-OH is 1. The summed E-state index contributed by atoms with van der Waals surface area (Å²) in [5.74, 6) is 0.793. The van der Waals surface area contributed by atoms with E-state index in [0.717, 1.165) is 12.1 Å². The molecule has 1 aromatic heterocycles. The van der Waals surface area contributed by atoms with Gasteiger partial charge in [0.1, 0.15) is 11.9 Å². The van der Waals surface area contributed by atoms with Crippen LogP contribution in [0.25, 0.3) is 11.3 Å². The van der Waals surface area contributed by atoms with Gasteiger partial charge < -0.3 is 10.0 Å². The number of nitriles is 1. The zero-order chi connectivity index (χ0) is 14.8. The smallest absolute Gasteiger partial charge is 0.234 e. The highest BCUT2D eigenvalue weighted by atomic mass is 35.5. The Kier molecular flexibility index (Phi) is 3.74. The number of aliphatic hydroxyl groups is 1. The molecule has 1 fully saturated rings. The SMILES string of the molecule is N#Cc1nc(-c2ccc(Cl)cc2)cc(N2CCC(O)C2)n1. The van der Waals surface area contributed by atoms with Crippen molar-refractivity contribution in [2.75, 3.05) is 18.0 Å². The van der Waals surface area contributed by atoms with Crippen molar-refractivity contribution in [2.45, 2.75) is 12.5 Å². The Bertz CT molecular complexity index is 696. The van der Waals surface area contributed by atoms with Crippen LogP contribution in [0.15, 0.2) is 30.3 Å². The van der Waals surface area contributed by atoms with Crippen LogP contribution >= 0.6 is 11.6 Å². The number of hydrogen-bond acceptors (Lipinski definition) is 5. The van der Waals surface area contributed by atoms with Crippen LogP contribution in [0.1, 0.15) is 12.2 Å². The van der Waals surface area contributed by atoms with E-state index in [0.29, 0.717) is 29.5 Å². The molecule has 106 valence electrons. The second kappa shape index (κ2) is 5.68. The molecule has 1 N–H and O–H groups in total. The topological polar surface area (TPSA) is 73.0 Å². The predicted octanol–water partition coefficient (Wildman–Crippen LogP) is 2.24. The van der Waals surface area contributed by atoms with Gasteiger partial charge in [0.25, 0.3) is 0 Å². The lowest BCUT2D eigenvalue weighted by atomic mass is 10.1. The third kappa shape index (κ3) is 2.97. The molecule has 1 aliphatic heterocycles. The van der Waals surface area contributed by atoms with Crippen LogP contribution in [-0.4, -0.2) is 34.3 Å². The summed E-state index contributed by atoms with van der Waals surface area (Å²) < 4.78 is 0. The summed E-state index contributed by atoms with van der Waals surface area (Å²) in [5.41, 5.74) is 1.55. The van der Waals surface area contributed by atoms with Gasteiger partial charge in [0.15, 0.2) is 0 Å². The third-order valence-electron chi connectivity index (χ3n) is 3.44. The van der Waals surface area contributed by atoms with Crippen LogP contribution in [0.5, 0.6) is 0 Å². The Morgan fingerprint density at radius 3 is 2.67 bits per heavy atom. The Balaban J connectivity index is 2.01. The van der Waals surface area contributed by atoms with Crippen molar-refractivity contribution in [3.8, 4) is 17.3 Å². The van der Waals surface area contributed by atoms with Crippen molar-refractivity contribution in [1.82, 2.24) is 9.97 Å². The number of halogens is 1. The van der Waals surface area contributed by atoms with E-state index >= 15 is 0 Å². The maximum atomic E-state index is 9.64. The van der Waals surface area contributed by atoms with Gasteiger partial charge >= 0.3 is 0 Å². The van der Waals surface area contributed by atoms with Crippen LogP contribution in [0.2, 0.25) is 5.02 Å². The maximum Gasteiger partial charge on any atom is 0.234 e. The van der Waals surface area contributed by atoms with Crippen LogP contribution in [-0.2, 0) is 0 Å². The molecule has 1 atom stereocenters. The molecule has 3 rings (SSSR count). The highest BCUT2D eigenvalue weighted by Crippen LogP contribution is 2.25. The molecule has 1 saturated heterocycles. The minimum absolute atomic E-state index is 0.124. The average molecular weight is 301 g/mol. The molecule has 0 amide bonds.